The van der Waals surface area contributed by atoms with E-state index in [2.05, 4.69) is 58.3 Å². The van der Waals surface area contributed by atoms with Crippen molar-refractivity contribution in [2.75, 3.05) is 19.6 Å². The highest BCUT2D eigenvalue weighted by atomic mass is 16.1. The Labute approximate surface area is 162 Å². The number of aromatic nitrogens is 2. The molecule has 1 N–H and O–H groups in total. The molecule has 1 amide bonds. The summed E-state index contributed by atoms with van der Waals surface area (Å²) < 4.78 is 0. The van der Waals surface area contributed by atoms with Gasteiger partial charge in [0.25, 0.3) is 5.91 Å². The lowest BCUT2D eigenvalue weighted by Gasteiger charge is -2.34. The van der Waals surface area contributed by atoms with Crippen molar-refractivity contribution in [2.24, 2.45) is 5.92 Å². The normalized spacial score (nSPS) is 15.8. The molecule has 2 heterocycles. The summed E-state index contributed by atoms with van der Waals surface area (Å²) in [5.74, 6) is 0.629. The van der Waals surface area contributed by atoms with Crippen molar-refractivity contribution in [3.05, 3.63) is 59.7 Å². The molecule has 2 aromatic rings. The van der Waals surface area contributed by atoms with Gasteiger partial charge < -0.3 is 10.2 Å². The van der Waals surface area contributed by atoms with Gasteiger partial charge in [-0.1, -0.05) is 24.3 Å². The van der Waals surface area contributed by atoms with Crippen molar-refractivity contribution in [3.63, 3.8) is 0 Å². The first-order valence-electron chi connectivity index (χ1n) is 9.98. The second kappa shape index (κ2) is 9.60. The Bertz CT molecular complexity index is 707. The van der Waals surface area contributed by atoms with Gasteiger partial charge in [-0.05, 0) is 69.7 Å². The van der Waals surface area contributed by atoms with E-state index in [0.29, 0.717) is 18.3 Å². The molecule has 5 heteroatoms. The fourth-order valence-corrected chi connectivity index (χ4v) is 3.68. The Hall–Kier alpha value is -2.27. The van der Waals surface area contributed by atoms with Gasteiger partial charge in [-0.15, -0.1) is 0 Å². The molecule has 144 valence electrons. The van der Waals surface area contributed by atoms with Gasteiger partial charge in [0.05, 0.1) is 6.20 Å². The number of carbonyl (C=O) groups is 1. The molecule has 3 rings (SSSR count). The molecular weight excluding hydrogens is 336 g/mol. The van der Waals surface area contributed by atoms with Gasteiger partial charge in [-0.2, -0.15) is 0 Å². The number of hydrogen-bond donors (Lipinski definition) is 1. The first-order chi connectivity index (χ1) is 13.1. The molecule has 5 nitrogen and oxygen atoms in total. The second-order valence-electron chi connectivity index (χ2n) is 7.69. The van der Waals surface area contributed by atoms with E-state index in [1.807, 2.05) is 0 Å². The molecule has 27 heavy (non-hydrogen) atoms. The molecule has 0 radical (unpaired) electrons. The molecule has 1 aliphatic rings. The van der Waals surface area contributed by atoms with E-state index >= 15 is 0 Å². The molecule has 1 aromatic heterocycles. The van der Waals surface area contributed by atoms with Crippen LogP contribution in [0.4, 0.5) is 0 Å². The fraction of sp³-hybridized carbons (Fsp3) is 0.500. The molecule has 0 spiro atoms. The van der Waals surface area contributed by atoms with E-state index in [0.717, 1.165) is 12.3 Å². The molecule has 1 saturated heterocycles. The summed E-state index contributed by atoms with van der Waals surface area (Å²) in [4.78, 5) is 22.5. The quantitative estimate of drug-likeness (QED) is 0.818. The van der Waals surface area contributed by atoms with Crippen LogP contribution < -0.4 is 5.32 Å². The molecule has 1 fully saturated rings. The number of carbonyl (C=O) groups excluding carboxylic acids is 1. The van der Waals surface area contributed by atoms with Gasteiger partial charge in [-0.3, -0.25) is 9.78 Å². The maximum atomic E-state index is 12.0. The zero-order valence-electron chi connectivity index (χ0n) is 16.4. The van der Waals surface area contributed by atoms with Crippen LogP contribution in [-0.2, 0) is 12.8 Å². The molecular formula is C22H30N4O. The summed E-state index contributed by atoms with van der Waals surface area (Å²) in [6, 6.07) is 9.53. The van der Waals surface area contributed by atoms with Crippen LogP contribution in [0.15, 0.2) is 42.9 Å². The number of nitrogens with one attached hydrogen (secondary N) is 1. The number of rotatable bonds is 7. The van der Waals surface area contributed by atoms with Gasteiger partial charge in [0, 0.05) is 25.0 Å². The Morgan fingerprint density at radius 3 is 2.48 bits per heavy atom. The molecule has 0 saturated carbocycles. The number of nitrogens with zero attached hydrogens (tertiary/aromatic N) is 3. The van der Waals surface area contributed by atoms with Crippen LogP contribution in [0.3, 0.4) is 0 Å². The molecule has 0 unspecified atom stereocenters. The number of piperidine rings is 1. The third kappa shape index (κ3) is 5.86. The predicted octanol–water partition coefficient (Wildman–Crippen LogP) is 3.11. The Morgan fingerprint density at radius 2 is 1.85 bits per heavy atom. The molecule has 0 aliphatic carbocycles. The van der Waals surface area contributed by atoms with Gasteiger partial charge in [0.1, 0.15) is 5.69 Å². The summed E-state index contributed by atoms with van der Waals surface area (Å²) in [6.45, 7) is 7.63. The van der Waals surface area contributed by atoms with E-state index in [1.165, 1.54) is 55.9 Å². The number of benzene rings is 1. The third-order valence-corrected chi connectivity index (χ3v) is 5.42. The minimum atomic E-state index is -0.174. The van der Waals surface area contributed by atoms with Gasteiger partial charge in [0.2, 0.25) is 0 Å². The zero-order valence-corrected chi connectivity index (χ0v) is 16.4. The maximum Gasteiger partial charge on any atom is 0.271 e. The minimum Gasteiger partial charge on any atom is -0.350 e. The first kappa shape index (κ1) is 19.5. The SMILES string of the molecule is CC(C)N1CCC(Cc2ccc(CCNC(=O)c3cnccn3)cc2)CC1. The summed E-state index contributed by atoms with van der Waals surface area (Å²) >= 11 is 0. The average molecular weight is 367 g/mol. The summed E-state index contributed by atoms with van der Waals surface area (Å²) in [5, 5.41) is 2.89. The van der Waals surface area contributed by atoms with Gasteiger partial charge in [-0.25, -0.2) is 4.98 Å². The molecule has 0 bridgehead atoms. The Kier molecular flexibility index (Phi) is 6.93. The number of likely N-dealkylation sites (tertiary alicyclic amines) is 1. The van der Waals surface area contributed by atoms with Gasteiger partial charge in [0.15, 0.2) is 0 Å². The van der Waals surface area contributed by atoms with Gasteiger partial charge >= 0.3 is 0 Å². The van der Waals surface area contributed by atoms with Crippen LogP contribution in [-0.4, -0.2) is 46.5 Å². The topological polar surface area (TPSA) is 58.1 Å². The largest absolute Gasteiger partial charge is 0.350 e. The smallest absolute Gasteiger partial charge is 0.271 e. The van der Waals surface area contributed by atoms with Crippen LogP contribution in [0, 0.1) is 5.92 Å². The Balaban J connectivity index is 1.41. The van der Waals surface area contributed by atoms with E-state index in [1.54, 1.807) is 6.20 Å². The van der Waals surface area contributed by atoms with Crippen molar-refractivity contribution >= 4 is 5.91 Å². The van der Waals surface area contributed by atoms with E-state index in [4.69, 9.17) is 0 Å². The monoisotopic (exact) mass is 366 g/mol. The zero-order chi connectivity index (χ0) is 19.1. The van der Waals surface area contributed by atoms with E-state index < -0.39 is 0 Å². The first-order valence-corrected chi connectivity index (χ1v) is 9.98. The lowest BCUT2D eigenvalue weighted by atomic mass is 9.89. The molecule has 0 atom stereocenters. The van der Waals surface area contributed by atoms with Crippen molar-refractivity contribution in [1.82, 2.24) is 20.2 Å². The van der Waals surface area contributed by atoms with Crippen LogP contribution in [0.2, 0.25) is 0 Å². The minimum absolute atomic E-state index is 0.174. The fourth-order valence-electron chi connectivity index (χ4n) is 3.68. The number of amides is 1. The highest BCUT2D eigenvalue weighted by Crippen LogP contribution is 2.23. The summed E-state index contributed by atoms with van der Waals surface area (Å²) in [6.07, 6.45) is 9.17. The van der Waals surface area contributed by atoms with Crippen molar-refractivity contribution in [1.29, 1.82) is 0 Å². The lowest BCUT2D eigenvalue weighted by Crippen LogP contribution is -2.38. The Morgan fingerprint density at radius 1 is 1.15 bits per heavy atom. The second-order valence-corrected chi connectivity index (χ2v) is 7.69. The summed E-state index contributed by atoms with van der Waals surface area (Å²) in [5.41, 5.74) is 3.02. The third-order valence-electron chi connectivity index (χ3n) is 5.42. The van der Waals surface area contributed by atoms with Crippen molar-refractivity contribution < 1.29 is 4.79 Å². The lowest BCUT2D eigenvalue weighted by molar-refractivity contribution is 0.0948. The maximum absolute atomic E-state index is 12.0. The van der Waals surface area contributed by atoms with E-state index in [-0.39, 0.29) is 5.91 Å². The average Bonchev–Trinajstić information content (AvgIpc) is 2.70. The number of hydrogen-bond acceptors (Lipinski definition) is 4. The van der Waals surface area contributed by atoms with Crippen LogP contribution in [0.5, 0.6) is 0 Å². The van der Waals surface area contributed by atoms with Crippen LogP contribution in [0.1, 0.15) is 48.3 Å². The highest BCUT2D eigenvalue weighted by Gasteiger charge is 2.20. The molecule has 1 aliphatic heterocycles. The predicted molar refractivity (Wildman–Crippen MR) is 108 cm³/mol. The summed E-state index contributed by atoms with van der Waals surface area (Å²) in [7, 11) is 0. The van der Waals surface area contributed by atoms with Crippen LogP contribution in [0.25, 0.3) is 0 Å². The van der Waals surface area contributed by atoms with Crippen LogP contribution >= 0.6 is 0 Å². The van der Waals surface area contributed by atoms with Crippen molar-refractivity contribution in [2.45, 2.75) is 45.6 Å². The van der Waals surface area contributed by atoms with E-state index in [9.17, 15) is 4.79 Å². The highest BCUT2D eigenvalue weighted by molar-refractivity contribution is 5.91. The standard InChI is InChI=1S/C22H30N4O/c1-17(2)26-13-8-20(9-14-26)15-19-5-3-18(4-6-19)7-10-25-22(27)21-16-23-11-12-24-21/h3-6,11-12,16-17,20H,7-10,13-15H2,1-2H3,(H,25,27). The molecule has 1 aromatic carbocycles. The van der Waals surface area contributed by atoms with Crippen molar-refractivity contribution in [3.8, 4) is 0 Å².